The molecule has 0 aromatic carbocycles. The summed E-state index contributed by atoms with van der Waals surface area (Å²) in [6.45, 7) is 3.64. The number of carbonyl (C=O) groups is 1. The average molecular weight is 361 g/mol. The molecular weight excluding hydrogens is 320 g/mol. The maximum Gasteiger partial charge on any atom is 0.304 e. The van der Waals surface area contributed by atoms with Crippen molar-refractivity contribution < 1.29 is 9.53 Å². The Hall–Kier alpha value is -1.49. The molecule has 2 heteroatoms. The van der Waals surface area contributed by atoms with Crippen LogP contribution < -0.4 is 0 Å². The highest BCUT2D eigenvalue weighted by Crippen LogP contribution is 2.11. The van der Waals surface area contributed by atoms with Crippen LogP contribution in [0.4, 0.5) is 0 Å². The molecule has 0 amide bonds. The van der Waals surface area contributed by atoms with Gasteiger partial charge in [-0.05, 0) is 44.6 Å². The van der Waals surface area contributed by atoms with Gasteiger partial charge in [-0.25, -0.2) is 0 Å². The number of ether oxygens (including phenoxy) is 1. The number of terminal acetylenes is 1. The van der Waals surface area contributed by atoms with E-state index in [1.807, 2.05) is 6.08 Å². The lowest BCUT2D eigenvalue weighted by atomic mass is 10.1. The fourth-order valence-corrected chi connectivity index (χ4v) is 2.86. The zero-order valence-corrected chi connectivity index (χ0v) is 17.2. The van der Waals surface area contributed by atoms with E-state index < -0.39 is 6.10 Å². The van der Waals surface area contributed by atoms with Gasteiger partial charge in [-0.3, -0.25) is 4.79 Å². The molecule has 0 aromatic rings. The fourth-order valence-electron chi connectivity index (χ4n) is 2.86. The second-order valence-electron chi connectivity index (χ2n) is 7.00. The van der Waals surface area contributed by atoms with Crippen molar-refractivity contribution in [2.24, 2.45) is 0 Å². The number of esters is 1. The SMILES string of the molecule is C#C[C@H](/C=C/CCCCCCCCC/C=C/CCCCCC)OC(C)=O. The molecule has 148 valence electrons. The van der Waals surface area contributed by atoms with Gasteiger partial charge in [-0.1, -0.05) is 82.4 Å². The third-order valence-electron chi connectivity index (χ3n) is 4.40. The molecule has 0 aliphatic heterocycles. The standard InChI is InChI=1S/C24H40O2/c1-4-6-7-8-9-10-11-12-13-14-15-16-17-18-19-20-21-22-24(5-2)26-23(3)25/h2,10-11,21-22,24H,4,6-9,12-20H2,1,3H3/b11-10+,22-21+/t24-/m1/s1. The zero-order valence-electron chi connectivity index (χ0n) is 17.2. The summed E-state index contributed by atoms with van der Waals surface area (Å²) in [6.07, 6.45) is 31.4. The summed E-state index contributed by atoms with van der Waals surface area (Å²) >= 11 is 0. The van der Waals surface area contributed by atoms with E-state index in [0.29, 0.717) is 0 Å². The number of hydrogen-bond donors (Lipinski definition) is 0. The van der Waals surface area contributed by atoms with Crippen molar-refractivity contribution in [3.63, 3.8) is 0 Å². The molecule has 0 aliphatic carbocycles. The molecule has 0 aromatic heterocycles. The van der Waals surface area contributed by atoms with Crippen LogP contribution in [0.2, 0.25) is 0 Å². The Bertz CT molecular complexity index is 414. The summed E-state index contributed by atoms with van der Waals surface area (Å²) in [7, 11) is 0. The second-order valence-corrected chi connectivity index (χ2v) is 7.00. The Morgan fingerprint density at radius 3 is 1.77 bits per heavy atom. The molecule has 0 radical (unpaired) electrons. The fraction of sp³-hybridized carbons (Fsp3) is 0.708. The van der Waals surface area contributed by atoms with E-state index in [4.69, 9.17) is 11.2 Å². The van der Waals surface area contributed by atoms with E-state index in [2.05, 4.69) is 25.0 Å². The first kappa shape index (κ1) is 24.5. The van der Waals surface area contributed by atoms with Crippen LogP contribution in [0, 0.1) is 12.3 Å². The van der Waals surface area contributed by atoms with Crippen LogP contribution in [-0.4, -0.2) is 12.1 Å². The number of hydrogen-bond acceptors (Lipinski definition) is 2. The van der Waals surface area contributed by atoms with E-state index in [0.717, 1.165) is 6.42 Å². The highest BCUT2D eigenvalue weighted by atomic mass is 16.5. The van der Waals surface area contributed by atoms with Crippen LogP contribution >= 0.6 is 0 Å². The second kappa shape index (κ2) is 19.8. The van der Waals surface area contributed by atoms with Gasteiger partial charge in [0.1, 0.15) is 0 Å². The quantitative estimate of drug-likeness (QED) is 0.119. The van der Waals surface area contributed by atoms with Gasteiger partial charge >= 0.3 is 5.97 Å². The summed E-state index contributed by atoms with van der Waals surface area (Å²) in [5.74, 6) is 2.12. The third-order valence-corrected chi connectivity index (χ3v) is 4.40. The van der Waals surface area contributed by atoms with E-state index >= 15 is 0 Å². The lowest BCUT2D eigenvalue weighted by Gasteiger charge is -2.05. The molecule has 0 aliphatic rings. The molecule has 2 nitrogen and oxygen atoms in total. The van der Waals surface area contributed by atoms with Gasteiger partial charge < -0.3 is 4.74 Å². The first-order chi connectivity index (χ1) is 12.7. The Morgan fingerprint density at radius 2 is 1.31 bits per heavy atom. The van der Waals surface area contributed by atoms with Crippen LogP contribution in [0.25, 0.3) is 0 Å². The number of carbonyl (C=O) groups excluding carboxylic acids is 1. The van der Waals surface area contributed by atoms with Gasteiger partial charge in [0, 0.05) is 6.92 Å². The van der Waals surface area contributed by atoms with Gasteiger partial charge in [0.05, 0.1) is 0 Å². The summed E-state index contributed by atoms with van der Waals surface area (Å²) in [6, 6.07) is 0. The predicted molar refractivity (Wildman–Crippen MR) is 113 cm³/mol. The van der Waals surface area contributed by atoms with Crippen molar-refractivity contribution >= 4 is 5.97 Å². The Balaban J connectivity index is 3.32. The van der Waals surface area contributed by atoms with Crippen molar-refractivity contribution in [1.29, 1.82) is 0 Å². The normalized spacial score (nSPS) is 12.5. The summed E-state index contributed by atoms with van der Waals surface area (Å²) in [4.78, 5) is 10.8. The third kappa shape index (κ3) is 18.8. The van der Waals surface area contributed by atoms with Crippen LogP contribution in [0.3, 0.4) is 0 Å². The van der Waals surface area contributed by atoms with Gasteiger partial charge in [-0.2, -0.15) is 0 Å². The first-order valence-electron chi connectivity index (χ1n) is 10.7. The minimum absolute atomic E-state index is 0.333. The smallest absolute Gasteiger partial charge is 0.304 e. The molecule has 0 N–H and O–H groups in total. The van der Waals surface area contributed by atoms with Crippen molar-refractivity contribution in [1.82, 2.24) is 0 Å². The van der Waals surface area contributed by atoms with Gasteiger partial charge in [0.25, 0.3) is 0 Å². The van der Waals surface area contributed by atoms with Crippen LogP contribution in [0.15, 0.2) is 24.3 Å². The van der Waals surface area contributed by atoms with Crippen molar-refractivity contribution in [3.05, 3.63) is 24.3 Å². The highest BCUT2D eigenvalue weighted by molar-refractivity contribution is 5.66. The molecule has 0 spiro atoms. The van der Waals surface area contributed by atoms with E-state index in [-0.39, 0.29) is 5.97 Å². The molecule has 0 heterocycles. The Labute approximate surface area is 162 Å². The summed E-state index contributed by atoms with van der Waals surface area (Å²) in [5, 5.41) is 0. The Kier molecular flexibility index (Phi) is 18.7. The van der Waals surface area contributed by atoms with Crippen molar-refractivity contribution in [2.75, 3.05) is 0 Å². The maximum absolute atomic E-state index is 10.8. The van der Waals surface area contributed by atoms with Crippen molar-refractivity contribution in [3.8, 4) is 12.3 Å². The number of unbranched alkanes of at least 4 members (excludes halogenated alkanes) is 12. The zero-order chi connectivity index (χ0) is 19.3. The topological polar surface area (TPSA) is 26.3 Å². The lowest BCUT2D eigenvalue weighted by Crippen LogP contribution is -2.10. The van der Waals surface area contributed by atoms with Gasteiger partial charge in [-0.15, -0.1) is 6.42 Å². The largest absolute Gasteiger partial charge is 0.445 e. The Morgan fingerprint density at radius 1 is 0.846 bits per heavy atom. The average Bonchev–Trinajstić information content (AvgIpc) is 2.63. The van der Waals surface area contributed by atoms with Crippen molar-refractivity contribution in [2.45, 2.75) is 110 Å². The van der Waals surface area contributed by atoms with Crippen LogP contribution in [-0.2, 0) is 9.53 Å². The molecule has 1 atom stereocenters. The molecular formula is C24H40O2. The first-order valence-corrected chi connectivity index (χ1v) is 10.7. The predicted octanol–water partition coefficient (Wildman–Crippen LogP) is 7.15. The van der Waals surface area contributed by atoms with Gasteiger partial charge in [0.2, 0.25) is 0 Å². The van der Waals surface area contributed by atoms with Crippen LogP contribution in [0.5, 0.6) is 0 Å². The molecule has 0 bridgehead atoms. The minimum atomic E-state index is -0.516. The van der Waals surface area contributed by atoms with Crippen LogP contribution in [0.1, 0.15) is 104 Å². The number of allylic oxidation sites excluding steroid dienone is 3. The van der Waals surface area contributed by atoms with E-state index in [1.165, 1.54) is 90.4 Å². The summed E-state index contributed by atoms with van der Waals surface area (Å²) in [5.41, 5.74) is 0. The lowest BCUT2D eigenvalue weighted by molar-refractivity contribution is -0.142. The summed E-state index contributed by atoms with van der Waals surface area (Å²) < 4.78 is 4.96. The van der Waals surface area contributed by atoms with E-state index in [9.17, 15) is 4.79 Å². The highest BCUT2D eigenvalue weighted by Gasteiger charge is 2.02. The molecule has 0 saturated carbocycles. The van der Waals surface area contributed by atoms with E-state index in [1.54, 1.807) is 6.08 Å². The molecule has 0 saturated heterocycles. The minimum Gasteiger partial charge on any atom is -0.445 e. The number of rotatable bonds is 17. The molecule has 0 fully saturated rings. The molecule has 26 heavy (non-hydrogen) atoms. The van der Waals surface area contributed by atoms with Gasteiger partial charge in [0.15, 0.2) is 6.10 Å². The molecule has 0 rings (SSSR count). The monoisotopic (exact) mass is 360 g/mol. The maximum atomic E-state index is 10.8. The molecule has 0 unspecified atom stereocenters.